The summed E-state index contributed by atoms with van der Waals surface area (Å²) in [6, 6.07) is 5.68. The molecule has 24 heavy (non-hydrogen) atoms. The third kappa shape index (κ3) is 3.59. The van der Waals surface area contributed by atoms with E-state index in [2.05, 4.69) is 0 Å². The fourth-order valence-corrected chi connectivity index (χ4v) is 3.64. The maximum atomic E-state index is 12.6. The number of likely N-dealkylation sites (tertiary alicyclic amines) is 1. The van der Waals surface area contributed by atoms with Gasteiger partial charge in [0.2, 0.25) is 10.0 Å². The van der Waals surface area contributed by atoms with E-state index >= 15 is 0 Å². The molecule has 2 atom stereocenters. The van der Waals surface area contributed by atoms with Crippen LogP contribution in [-0.4, -0.2) is 61.3 Å². The molecule has 1 amide bonds. The summed E-state index contributed by atoms with van der Waals surface area (Å²) in [4.78, 5) is 25.5. The standard InChI is InChI=1S/C16H22N2O5S/c1-11-4-5-13(16(20)21)10-18(11)15(19)12-6-8-14(9-7-12)24(22,23)17(2)3/h6-9,11,13H,4-5,10H2,1-3H3,(H,20,21). The largest absolute Gasteiger partial charge is 0.481 e. The lowest BCUT2D eigenvalue weighted by atomic mass is 9.93. The summed E-state index contributed by atoms with van der Waals surface area (Å²) >= 11 is 0. The lowest BCUT2D eigenvalue weighted by molar-refractivity contribution is -0.143. The fraction of sp³-hybridized carbons (Fsp3) is 0.500. The van der Waals surface area contributed by atoms with Crippen molar-refractivity contribution in [2.45, 2.75) is 30.7 Å². The second-order valence-electron chi connectivity index (χ2n) is 6.23. The van der Waals surface area contributed by atoms with Gasteiger partial charge in [-0.1, -0.05) is 0 Å². The van der Waals surface area contributed by atoms with Crippen LogP contribution in [0.25, 0.3) is 0 Å². The van der Waals surface area contributed by atoms with Gasteiger partial charge >= 0.3 is 5.97 Å². The van der Waals surface area contributed by atoms with Gasteiger partial charge in [-0.3, -0.25) is 9.59 Å². The molecule has 1 saturated heterocycles. The Morgan fingerprint density at radius 2 is 1.75 bits per heavy atom. The topological polar surface area (TPSA) is 95.0 Å². The first kappa shape index (κ1) is 18.4. The van der Waals surface area contributed by atoms with E-state index in [4.69, 9.17) is 5.11 Å². The van der Waals surface area contributed by atoms with Crippen LogP contribution in [0, 0.1) is 5.92 Å². The molecule has 1 aliphatic rings. The number of carboxylic acid groups (broad SMARTS) is 1. The quantitative estimate of drug-likeness (QED) is 0.878. The minimum absolute atomic E-state index is 0.0433. The van der Waals surface area contributed by atoms with Crippen molar-refractivity contribution in [2.24, 2.45) is 5.92 Å². The first-order valence-electron chi connectivity index (χ1n) is 7.71. The van der Waals surface area contributed by atoms with E-state index in [1.165, 1.54) is 38.4 Å². The Bertz CT molecular complexity index is 727. The Morgan fingerprint density at radius 1 is 1.17 bits per heavy atom. The summed E-state index contributed by atoms with van der Waals surface area (Å²) < 4.78 is 25.2. The highest BCUT2D eigenvalue weighted by Gasteiger charge is 2.33. The molecule has 2 rings (SSSR count). The molecule has 0 aromatic heterocycles. The van der Waals surface area contributed by atoms with Gasteiger partial charge in [-0.25, -0.2) is 12.7 Å². The number of nitrogens with zero attached hydrogens (tertiary/aromatic N) is 2. The number of rotatable bonds is 4. The molecule has 2 unspecified atom stereocenters. The molecule has 0 aliphatic carbocycles. The van der Waals surface area contributed by atoms with Gasteiger partial charge in [0, 0.05) is 32.2 Å². The first-order valence-corrected chi connectivity index (χ1v) is 9.15. The summed E-state index contributed by atoms with van der Waals surface area (Å²) in [5, 5.41) is 9.16. The lowest BCUT2D eigenvalue weighted by Gasteiger charge is -2.36. The van der Waals surface area contributed by atoms with E-state index < -0.39 is 21.9 Å². The molecule has 7 nitrogen and oxygen atoms in total. The average molecular weight is 354 g/mol. The normalized spacial score (nSPS) is 21.8. The van der Waals surface area contributed by atoms with Gasteiger partial charge < -0.3 is 10.0 Å². The van der Waals surface area contributed by atoms with Crippen LogP contribution in [0.3, 0.4) is 0 Å². The Hall–Kier alpha value is -1.93. The van der Waals surface area contributed by atoms with Crippen LogP contribution in [0.2, 0.25) is 0 Å². The Kier molecular flexibility index (Phi) is 5.29. The molecule has 1 N–H and O–H groups in total. The molecule has 1 aromatic carbocycles. The third-order valence-electron chi connectivity index (χ3n) is 4.37. The number of amides is 1. The van der Waals surface area contributed by atoms with Crippen molar-refractivity contribution in [3.63, 3.8) is 0 Å². The van der Waals surface area contributed by atoms with E-state index in [-0.39, 0.29) is 23.4 Å². The number of hydrogen-bond donors (Lipinski definition) is 1. The van der Waals surface area contributed by atoms with Crippen LogP contribution in [-0.2, 0) is 14.8 Å². The molecule has 8 heteroatoms. The highest BCUT2D eigenvalue weighted by molar-refractivity contribution is 7.89. The van der Waals surface area contributed by atoms with E-state index in [1.54, 1.807) is 4.90 Å². The summed E-state index contributed by atoms with van der Waals surface area (Å²) in [7, 11) is -0.664. The Morgan fingerprint density at radius 3 is 2.25 bits per heavy atom. The number of piperidine rings is 1. The number of carbonyl (C=O) groups is 2. The summed E-state index contributed by atoms with van der Waals surface area (Å²) in [5.41, 5.74) is 0.352. The number of hydrogen-bond acceptors (Lipinski definition) is 4. The van der Waals surface area contributed by atoms with Gasteiger partial charge in [-0.05, 0) is 44.0 Å². The van der Waals surface area contributed by atoms with Crippen LogP contribution in [0.5, 0.6) is 0 Å². The minimum Gasteiger partial charge on any atom is -0.481 e. The number of carboxylic acids is 1. The van der Waals surface area contributed by atoms with Gasteiger partial charge in [0.05, 0.1) is 10.8 Å². The Balaban J connectivity index is 2.22. The van der Waals surface area contributed by atoms with E-state index in [1.807, 2.05) is 6.92 Å². The number of benzene rings is 1. The number of sulfonamides is 1. The smallest absolute Gasteiger partial charge is 0.308 e. The molecule has 132 valence electrons. The second-order valence-corrected chi connectivity index (χ2v) is 8.38. The first-order chi connectivity index (χ1) is 11.1. The van der Waals surface area contributed by atoms with Crippen molar-refractivity contribution < 1.29 is 23.1 Å². The number of aliphatic carboxylic acids is 1. The van der Waals surface area contributed by atoms with Gasteiger partial charge in [-0.15, -0.1) is 0 Å². The summed E-state index contributed by atoms with van der Waals surface area (Å²) in [6.07, 6.45) is 1.19. The minimum atomic E-state index is -3.54. The van der Waals surface area contributed by atoms with E-state index in [0.717, 1.165) is 4.31 Å². The van der Waals surface area contributed by atoms with Crippen molar-refractivity contribution in [3.8, 4) is 0 Å². The van der Waals surface area contributed by atoms with Gasteiger partial charge in [0.15, 0.2) is 0 Å². The van der Waals surface area contributed by atoms with Crippen LogP contribution in [0.15, 0.2) is 29.2 Å². The maximum absolute atomic E-state index is 12.6. The van der Waals surface area contributed by atoms with Crippen LogP contribution in [0.1, 0.15) is 30.1 Å². The predicted octanol–water partition coefficient (Wildman–Crippen LogP) is 1.26. The molecule has 0 radical (unpaired) electrons. The molecule has 0 saturated carbocycles. The highest BCUT2D eigenvalue weighted by atomic mass is 32.2. The summed E-state index contributed by atoms with van der Waals surface area (Å²) in [6.45, 7) is 2.06. The van der Waals surface area contributed by atoms with Gasteiger partial charge in [0.25, 0.3) is 5.91 Å². The predicted molar refractivity (Wildman–Crippen MR) is 88.2 cm³/mol. The van der Waals surface area contributed by atoms with E-state index in [9.17, 15) is 18.0 Å². The molecule has 1 aliphatic heterocycles. The third-order valence-corrected chi connectivity index (χ3v) is 6.20. The van der Waals surface area contributed by atoms with Crippen molar-refractivity contribution in [1.29, 1.82) is 0 Å². The van der Waals surface area contributed by atoms with Crippen molar-refractivity contribution >= 4 is 21.9 Å². The Labute approximate surface area is 141 Å². The highest BCUT2D eigenvalue weighted by Crippen LogP contribution is 2.24. The molecule has 0 bridgehead atoms. The van der Waals surface area contributed by atoms with Gasteiger partial charge in [0.1, 0.15) is 0 Å². The molecular weight excluding hydrogens is 332 g/mol. The average Bonchev–Trinajstić information content (AvgIpc) is 2.54. The zero-order chi connectivity index (χ0) is 18.1. The van der Waals surface area contributed by atoms with Crippen molar-refractivity contribution in [1.82, 2.24) is 9.21 Å². The van der Waals surface area contributed by atoms with E-state index in [0.29, 0.717) is 18.4 Å². The molecule has 0 spiro atoms. The lowest BCUT2D eigenvalue weighted by Crippen LogP contribution is -2.47. The monoisotopic (exact) mass is 354 g/mol. The SMILES string of the molecule is CC1CCC(C(=O)O)CN1C(=O)c1ccc(S(=O)(=O)N(C)C)cc1. The second kappa shape index (κ2) is 6.90. The fourth-order valence-electron chi connectivity index (χ4n) is 2.74. The summed E-state index contributed by atoms with van der Waals surface area (Å²) in [5.74, 6) is -1.73. The molecule has 1 heterocycles. The van der Waals surface area contributed by atoms with Crippen molar-refractivity contribution in [2.75, 3.05) is 20.6 Å². The zero-order valence-corrected chi connectivity index (χ0v) is 14.8. The number of carbonyl (C=O) groups excluding carboxylic acids is 1. The van der Waals surface area contributed by atoms with Crippen molar-refractivity contribution in [3.05, 3.63) is 29.8 Å². The van der Waals surface area contributed by atoms with Crippen LogP contribution < -0.4 is 0 Å². The molecule has 1 aromatic rings. The molecular formula is C16H22N2O5S. The molecule has 1 fully saturated rings. The maximum Gasteiger partial charge on any atom is 0.308 e. The van der Waals surface area contributed by atoms with Crippen LogP contribution in [0.4, 0.5) is 0 Å². The van der Waals surface area contributed by atoms with Gasteiger partial charge in [-0.2, -0.15) is 0 Å². The zero-order valence-electron chi connectivity index (χ0n) is 14.0. The van der Waals surface area contributed by atoms with Crippen LogP contribution >= 0.6 is 0 Å².